The quantitative estimate of drug-likeness (QED) is 0.463. The average molecular weight is 138 g/mol. The second-order valence-electron chi connectivity index (χ2n) is 1.62. The maximum Gasteiger partial charge on any atom is 0.376 e. The van der Waals surface area contributed by atoms with E-state index in [9.17, 15) is 4.79 Å². The Hall–Kier alpha value is -1.57. The Bertz CT molecular complexity index is 315. The zero-order valence-electron chi connectivity index (χ0n) is 5.48. The highest BCUT2D eigenvalue weighted by atomic mass is 16.2. The lowest BCUT2D eigenvalue weighted by Gasteiger charge is -1.83. The summed E-state index contributed by atoms with van der Waals surface area (Å²) in [5.41, 5.74) is -0.370. The van der Waals surface area contributed by atoms with Gasteiger partial charge in [-0.3, -0.25) is 0 Å². The van der Waals surface area contributed by atoms with Gasteiger partial charge in [0.1, 0.15) is 0 Å². The highest BCUT2D eigenvalue weighted by Gasteiger charge is 1.99. The molecule has 1 aromatic rings. The maximum absolute atomic E-state index is 10.9. The Morgan fingerprint density at radius 2 is 2.40 bits per heavy atom. The lowest BCUT2D eigenvalue weighted by molar-refractivity contribution is 0.609. The van der Waals surface area contributed by atoms with Crippen LogP contribution < -0.4 is 5.69 Å². The van der Waals surface area contributed by atoms with E-state index in [2.05, 4.69) is 16.5 Å². The van der Waals surface area contributed by atoms with Gasteiger partial charge in [0, 0.05) is 12.6 Å². The van der Waals surface area contributed by atoms with Crippen LogP contribution in [-0.2, 0) is 6.54 Å². The molecule has 5 heteroatoms. The standard InChI is InChI=1S/C5H6N4O/c1-3-8-5(10)9(4-2)7-6-8/h1H,4H2,2H3. The maximum atomic E-state index is 10.9. The molecule has 0 unspecified atom stereocenters. The van der Waals surface area contributed by atoms with Crippen LogP contribution in [0.1, 0.15) is 6.92 Å². The van der Waals surface area contributed by atoms with Crippen molar-refractivity contribution in [1.29, 1.82) is 0 Å². The molecule has 52 valence electrons. The van der Waals surface area contributed by atoms with E-state index in [1.54, 1.807) is 6.92 Å². The number of tetrazole rings is 1. The summed E-state index contributed by atoms with van der Waals surface area (Å²) in [5, 5.41) is 6.87. The predicted octanol–water partition coefficient (Wildman–Crippen LogP) is -1.10. The average Bonchev–Trinajstić information content (AvgIpc) is 2.30. The van der Waals surface area contributed by atoms with Gasteiger partial charge in [0.05, 0.1) is 0 Å². The molecular weight excluding hydrogens is 132 g/mol. The second-order valence-corrected chi connectivity index (χ2v) is 1.62. The van der Waals surface area contributed by atoms with E-state index in [-0.39, 0.29) is 5.69 Å². The van der Waals surface area contributed by atoms with Crippen molar-refractivity contribution in [1.82, 2.24) is 19.8 Å². The van der Waals surface area contributed by atoms with Crippen LogP contribution in [0.2, 0.25) is 0 Å². The van der Waals surface area contributed by atoms with Crippen molar-refractivity contribution in [3.8, 4) is 12.5 Å². The number of terminal acetylenes is 1. The third kappa shape index (κ3) is 0.796. The Balaban J connectivity index is 3.26. The van der Waals surface area contributed by atoms with Gasteiger partial charge in [-0.2, -0.15) is 4.68 Å². The van der Waals surface area contributed by atoms with E-state index in [0.29, 0.717) is 6.54 Å². The Kier molecular flexibility index (Phi) is 1.54. The molecule has 0 amide bonds. The molecule has 0 aliphatic carbocycles. The molecule has 5 nitrogen and oxygen atoms in total. The fourth-order valence-corrected chi connectivity index (χ4v) is 0.554. The van der Waals surface area contributed by atoms with Crippen LogP contribution in [0.4, 0.5) is 0 Å². The van der Waals surface area contributed by atoms with Gasteiger partial charge >= 0.3 is 5.69 Å². The van der Waals surface area contributed by atoms with Gasteiger partial charge in [-0.05, 0) is 17.4 Å². The SMILES string of the molecule is C#Cn1nnn(CC)c1=O. The van der Waals surface area contributed by atoms with Crippen molar-refractivity contribution in [2.24, 2.45) is 0 Å². The van der Waals surface area contributed by atoms with E-state index in [1.165, 1.54) is 4.68 Å². The summed E-state index contributed by atoms with van der Waals surface area (Å²) in [6, 6.07) is 2.06. The number of rotatable bonds is 1. The summed E-state index contributed by atoms with van der Waals surface area (Å²) >= 11 is 0. The summed E-state index contributed by atoms with van der Waals surface area (Å²) in [7, 11) is 0. The lowest BCUT2D eigenvalue weighted by atomic mass is 10.8. The molecule has 0 aliphatic rings. The second kappa shape index (κ2) is 2.35. The topological polar surface area (TPSA) is 52.7 Å². The van der Waals surface area contributed by atoms with E-state index >= 15 is 0 Å². The van der Waals surface area contributed by atoms with Crippen molar-refractivity contribution in [3.63, 3.8) is 0 Å². The van der Waals surface area contributed by atoms with Crippen molar-refractivity contribution in [3.05, 3.63) is 10.5 Å². The van der Waals surface area contributed by atoms with Gasteiger partial charge in [-0.1, -0.05) is 6.42 Å². The molecule has 0 fully saturated rings. The zero-order chi connectivity index (χ0) is 7.56. The number of aromatic nitrogens is 4. The van der Waals surface area contributed by atoms with E-state index < -0.39 is 0 Å². The third-order valence-corrected chi connectivity index (χ3v) is 1.06. The molecule has 0 radical (unpaired) electrons. The summed E-state index contributed by atoms with van der Waals surface area (Å²) in [6.07, 6.45) is 4.92. The highest BCUT2D eigenvalue weighted by molar-refractivity contribution is 4.84. The van der Waals surface area contributed by atoms with Gasteiger partial charge in [0.25, 0.3) is 0 Å². The minimum absolute atomic E-state index is 0.370. The summed E-state index contributed by atoms with van der Waals surface area (Å²) in [4.78, 5) is 10.9. The largest absolute Gasteiger partial charge is 0.376 e. The molecular formula is C5H6N4O. The molecule has 0 aliphatic heterocycles. The molecule has 1 heterocycles. The molecule has 0 aromatic carbocycles. The van der Waals surface area contributed by atoms with Gasteiger partial charge in [-0.25, -0.2) is 4.79 Å². The smallest absolute Gasteiger partial charge is 0.243 e. The van der Waals surface area contributed by atoms with Crippen LogP contribution in [-0.4, -0.2) is 19.8 Å². The predicted molar refractivity (Wildman–Crippen MR) is 34.2 cm³/mol. The third-order valence-electron chi connectivity index (χ3n) is 1.06. The number of hydrogen-bond donors (Lipinski definition) is 0. The molecule has 0 bridgehead atoms. The number of hydrogen-bond acceptors (Lipinski definition) is 3. The Labute approximate surface area is 57.2 Å². The molecule has 0 saturated carbocycles. The first-order valence-electron chi connectivity index (χ1n) is 2.79. The van der Waals surface area contributed by atoms with Crippen LogP contribution in [0.5, 0.6) is 0 Å². The van der Waals surface area contributed by atoms with E-state index in [4.69, 9.17) is 6.42 Å². The van der Waals surface area contributed by atoms with Gasteiger partial charge in [0.15, 0.2) is 0 Å². The van der Waals surface area contributed by atoms with Crippen LogP contribution in [0, 0.1) is 12.5 Å². The fraction of sp³-hybridized carbons (Fsp3) is 0.400. The summed E-state index contributed by atoms with van der Waals surface area (Å²) in [6.45, 7) is 2.28. The molecule has 0 saturated heterocycles. The molecule has 1 aromatic heterocycles. The minimum atomic E-state index is -0.370. The number of nitrogens with zero attached hydrogens (tertiary/aromatic N) is 4. The van der Waals surface area contributed by atoms with Gasteiger partial charge in [-0.15, -0.1) is 4.68 Å². The van der Waals surface area contributed by atoms with Crippen LogP contribution in [0.3, 0.4) is 0 Å². The first kappa shape index (κ1) is 6.55. The monoisotopic (exact) mass is 138 g/mol. The zero-order valence-corrected chi connectivity index (χ0v) is 5.48. The molecule has 10 heavy (non-hydrogen) atoms. The fourth-order valence-electron chi connectivity index (χ4n) is 0.554. The molecule has 0 spiro atoms. The van der Waals surface area contributed by atoms with E-state index in [0.717, 1.165) is 4.68 Å². The minimum Gasteiger partial charge on any atom is -0.243 e. The Morgan fingerprint density at radius 1 is 1.70 bits per heavy atom. The van der Waals surface area contributed by atoms with Crippen molar-refractivity contribution < 1.29 is 0 Å². The normalized spacial score (nSPS) is 9.20. The van der Waals surface area contributed by atoms with Crippen molar-refractivity contribution >= 4 is 0 Å². The van der Waals surface area contributed by atoms with Crippen LogP contribution in [0.15, 0.2) is 4.79 Å². The van der Waals surface area contributed by atoms with E-state index in [1.807, 2.05) is 0 Å². The first-order valence-corrected chi connectivity index (χ1v) is 2.79. The summed E-state index contributed by atoms with van der Waals surface area (Å²) < 4.78 is 2.03. The first-order chi connectivity index (χ1) is 4.79. The lowest BCUT2D eigenvalue weighted by Crippen LogP contribution is -2.22. The summed E-state index contributed by atoms with van der Waals surface area (Å²) in [5.74, 6) is 0. The van der Waals surface area contributed by atoms with Crippen molar-refractivity contribution in [2.45, 2.75) is 13.5 Å². The van der Waals surface area contributed by atoms with Crippen LogP contribution in [0.25, 0.3) is 0 Å². The van der Waals surface area contributed by atoms with Gasteiger partial charge < -0.3 is 0 Å². The molecule has 0 N–H and O–H groups in total. The molecule has 0 atom stereocenters. The Morgan fingerprint density at radius 3 is 2.70 bits per heavy atom. The van der Waals surface area contributed by atoms with Crippen LogP contribution >= 0.6 is 0 Å². The highest BCUT2D eigenvalue weighted by Crippen LogP contribution is 1.68. The molecule has 1 rings (SSSR count). The number of aryl methyl sites for hydroxylation is 1. The van der Waals surface area contributed by atoms with Gasteiger partial charge in [0.2, 0.25) is 0 Å². The van der Waals surface area contributed by atoms with Crippen molar-refractivity contribution in [2.75, 3.05) is 0 Å².